The molecule has 2 nitrogen and oxygen atoms in total. The molecule has 0 aliphatic heterocycles. The van der Waals surface area contributed by atoms with E-state index in [-0.39, 0.29) is 0 Å². The number of rotatable bonds is 2. The molecule has 0 N–H and O–H groups in total. The third-order valence-corrected chi connectivity index (χ3v) is 2.75. The first-order chi connectivity index (χ1) is 5.65. The van der Waals surface area contributed by atoms with E-state index in [1.54, 1.807) is 6.92 Å². The van der Waals surface area contributed by atoms with Crippen LogP contribution in [0.1, 0.15) is 12.5 Å². The summed E-state index contributed by atoms with van der Waals surface area (Å²) in [6, 6.07) is 0. The van der Waals surface area contributed by atoms with Crippen LogP contribution in [-0.4, -0.2) is 15.7 Å². The Morgan fingerprint density at radius 1 is 1.25 bits per heavy atom. The largest absolute Gasteiger partial charge is 0.210 e. The highest BCUT2D eigenvalue weighted by atomic mass is 35.5. The minimum atomic E-state index is 0.436. The van der Waals surface area contributed by atoms with Crippen molar-refractivity contribution in [3.63, 3.8) is 0 Å². The van der Waals surface area contributed by atoms with Gasteiger partial charge in [-0.2, -0.15) is 0 Å². The highest BCUT2D eigenvalue weighted by Crippen LogP contribution is 2.23. The van der Waals surface area contributed by atoms with E-state index < -0.39 is 0 Å². The quantitative estimate of drug-likeness (QED) is 0.437. The van der Waals surface area contributed by atoms with Crippen LogP contribution in [0.15, 0.2) is 5.16 Å². The van der Waals surface area contributed by atoms with Gasteiger partial charge in [0.2, 0.25) is 0 Å². The van der Waals surface area contributed by atoms with Crippen LogP contribution in [0.4, 0.5) is 0 Å². The van der Waals surface area contributed by atoms with Gasteiger partial charge in [0.15, 0.2) is 5.16 Å². The molecule has 5 heteroatoms. The number of hydrogen-bond acceptors (Lipinski definition) is 3. The molecular formula is C7H8Cl2N2S. The molecule has 0 aliphatic rings. The van der Waals surface area contributed by atoms with Gasteiger partial charge in [0.05, 0.1) is 0 Å². The third-order valence-electron chi connectivity index (χ3n) is 1.28. The molecule has 0 fully saturated rings. The summed E-state index contributed by atoms with van der Waals surface area (Å²) in [5, 5.41) is 1.51. The number of thioether (sulfide) groups is 1. The smallest absolute Gasteiger partial charge is 0.190 e. The zero-order chi connectivity index (χ0) is 9.14. The average molecular weight is 223 g/mol. The molecule has 66 valence electrons. The first kappa shape index (κ1) is 10.1. The fourth-order valence-electron chi connectivity index (χ4n) is 0.639. The van der Waals surface area contributed by atoms with Gasteiger partial charge in [0.1, 0.15) is 10.3 Å². The molecule has 0 atom stereocenters. The third kappa shape index (κ3) is 2.25. The van der Waals surface area contributed by atoms with Crippen molar-refractivity contribution in [2.45, 2.75) is 19.0 Å². The zero-order valence-corrected chi connectivity index (χ0v) is 9.09. The molecule has 0 aromatic carbocycles. The van der Waals surface area contributed by atoms with Crippen LogP contribution in [0.2, 0.25) is 10.3 Å². The fraction of sp³-hybridized carbons (Fsp3) is 0.429. The Morgan fingerprint density at radius 2 is 1.75 bits per heavy atom. The lowest BCUT2D eigenvalue weighted by Gasteiger charge is -2.01. The SMILES string of the molecule is CCSc1nc(Cl)c(C)c(Cl)n1. The van der Waals surface area contributed by atoms with Crippen molar-refractivity contribution in [1.82, 2.24) is 9.97 Å². The molecule has 12 heavy (non-hydrogen) atoms. The Morgan fingerprint density at radius 3 is 2.17 bits per heavy atom. The molecule has 1 aromatic heterocycles. The maximum atomic E-state index is 5.81. The van der Waals surface area contributed by atoms with E-state index >= 15 is 0 Å². The van der Waals surface area contributed by atoms with E-state index in [4.69, 9.17) is 23.2 Å². The van der Waals surface area contributed by atoms with Gasteiger partial charge < -0.3 is 0 Å². The lowest BCUT2D eigenvalue weighted by atomic mass is 10.4. The summed E-state index contributed by atoms with van der Waals surface area (Å²) < 4.78 is 0. The topological polar surface area (TPSA) is 25.8 Å². The van der Waals surface area contributed by atoms with Crippen molar-refractivity contribution in [2.24, 2.45) is 0 Å². The summed E-state index contributed by atoms with van der Waals surface area (Å²) in [6.07, 6.45) is 0. The Kier molecular flexibility index (Phi) is 3.62. The van der Waals surface area contributed by atoms with E-state index in [0.29, 0.717) is 15.5 Å². The zero-order valence-electron chi connectivity index (χ0n) is 6.77. The van der Waals surface area contributed by atoms with Crippen molar-refractivity contribution in [1.29, 1.82) is 0 Å². The highest BCUT2D eigenvalue weighted by Gasteiger charge is 2.06. The van der Waals surface area contributed by atoms with Crippen molar-refractivity contribution >= 4 is 35.0 Å². The van der Waals surface area contributed by atoms with E-state index in [9.17, 15) is 0 Å². The number of aromatic nitrogens is 2. The first-order valence-electron chi connectivity index (χ1n) is 3.47. The molecule has 1 rings (SSSR count). The van der Waals surface area contributed by atoms with Crippen LogP contribution in [0.3, 0.4) is 0 Å². The van der Waals surface area contributed by atoms with Gasteiger partial charge in [-0.3, -0.25) is 0 Å². The molecule has 0 saturated heterocycles. The lowest BCUT2D eigenvalue weighted by Crippen LogP contribution is -1.92. The molecule has 0 bridgehead atoms. The van der Waals surface area contributed by atoms with Gasteiger partial charge >= 0.3 is 0 Å². The molecular weight excluding hydrogens is 215 g/mol. The maximum Gasteiger partial charge on any atom is 0.190 e. The second-order valence-electron chi connectivity index (χ2n) is 2.15. The molecule has 0 spiro atoms. The van der Waals surface area contributed by atoms with Gasteiger partial charge in [-0.05, 0) is 12.7 Å². The molecule has 0 radical (unpaired) electrons. The summed E-state index contributed by atoms with van der Waals surface area (Å²) in [5.41, 5.74) is 0.735. The van der Waals surface area contributed by atoms with Crippen LogP contribution in [0.25, 0.3) is 0 Å². The van der Waals surface area contributed by atoms with Crippen LogP contribution >= 0.6 is 35.0 Å². The van der Waals surface area contributed by atoms with Gasteiger partial charge in [-0.1, -0.05) is 41.9 Å². The highest BCUT2D eigenvalue weighted by molar-refractivity contribution is 7.99. The molecule has 1 aromatic rings. The molecule has 0 amide bonds. The molecule has 1 heterocycles. The summed E-state index contributed by atoms with van der Waals surface area (Å²) in [4.78, 5) is 8.11. The van der Waals surface area contributed by atoms with Crippen LogP contribution in [0.5, 0.6) is 0 Å². The Balaban J connectivity index is 3.04. The van der Waals surface area contributed by atoms with E-state index in [1.807, 2.05) is 6.92 Å². The van der Waals surface area contributed by atoms with Gasteiger partial charge in [0, 0.05) is 5.56 Å². The normalized spacial score (nSPS) is 10.3. The van der Waals surface area contributed by atoms with E-state index in [2.05, 4.69) is 9.97 Å². The average Bonchev–Trinajstić information content (AvgIpc) is 2.01. The Labute approximate surface area is 85.7 Å². The molecule has 0 unspecified atom stereocenters. The first-order valence-corrected chi connectivity index (χ1v) is 5.21. The monoisotopic (exact) mass is 222 g/mol. The standard InChI is InChI=1S/C7H8Cl2N2S/c1-3-12-7-10-5(8)4(2)6(9)11-7/h3H2,1-2H3. The predicted molar refractivity (Wildman–Crippen MR) is 53.2 cm³/mol. The molecule has 0 aliphatic carbocycles. The number of nitrogens with zero attached hydrogens (tertiary/aromatic N) is 2. The van der Waals surface area contributed by atoms with Crippen LogP contribution < -0.4 is 0 Å². The summed E-state index contributed by atoms with van der Waals surface area (Å²) >= 11 is 13.1. The van der Waals surface area contributed by atoms with Crippen LogP contribution in [0, 0.1) is 6.92 Å². The second kappa shape index (κ2) is 4.30. The number of hydrogen-bond donors (Lipinski definition) is 0. The van der Waals surface area contributed by atoms with Crippen molar-refractivity contribution in [2.75, 3.05) is 5.75 Å². The fourth-order valence-corrected chi connectivity index (χ4v) is 1.70. The summed E-state index contributed by atoms with van der Waals surface area (Å²) in [6.45, 7) is 3.82. The molecule has 0 saturated carbocycles. The van der Waals surface area contributed by atoms with Crippen molar-refractivity contribution < 1.29 is 0 Å². The number of halogens is 2. The van der Waals surface area contributed by atoms with Gasteiger partial charge in [-0.25, -0.2) is 9.97 Å². The second-order valence-corrected chi connectivity index (χ2v) is 4.09. The minimum Gasteiger partial charge on any atom is -0.210 e. The van der Waals surface area contributed by atoms with Crippen molar-refractivity contribution in [3.8, 4) is 0 Å². The minimum absolute atomic E-state index is 0.436. The Hall–Kier alpha value is 0.01000. The Bertz CT molecular complexity index is 268. The van der Waals surface area contributed by atoms with Gasteiger partial charge in [0.25, 0.3) is 0 Å². The van der Waals surface area contributed by atoms with Crippen LogP contribution in [-0.2, 0) is 0 Å². The van der Waals surface area contributed by atoms with E-state index in [1.165, 1.54) is 11.8 Å². The van der Waals surface area contributed by atoms with Gasteiger partial charge in [-0.15, -0.1) is 0 Å². The van der Waals surface area contributed by atoms with E-state index in [0.717, 1.165) is 11.3 Å². The summed E-state index contributed by atoms with van der Waals surface area (Å²) in [7, 11) is 0. The predicted octanol–water partition coefficient (Wildman–Crippen LogP) is 3.20. The maximum absolute atomic E-state index is 5.81. The lowest BCUT2D eigenvalue weighted by molar-refractivity contribution is 0.952. The van der Waals surface area contributed by atoms with Crippen molar-refractivity contribution in [3.05, 3.63) is 15.9 Å². The summed E-state index contributed by atoms with van der Waals surface area (Å²) in [5.74, 6) is 0.912.